The summed E-state index contributed by atoms with van der Waals surface area (Å²) in [5, 5.41) is 11.8. The largest absolute Gasteiger partial charge is 0.508 e. The van der Waals surface area contributed by atoms with E-state index in [0.717, 1.165) is 26.4 Å². The summed E-state index contributed by atoms with van der Waals surface area (Å²) in [4.78, 5) is 4.25. The maximum Gasteiger partial charge on any atom is 0.116 e. The third-order valence-corrected chi connectivity index (χ3v) is 3.37. The lowest BCUT2D eigenvalue weighted by atomic mass is 10.0. The fraction of sp³-hybridized carbons (Fsp3) is 0. The van der Waals surface area contributed by atoms with Crippen LogP contribution in [0.15, 0.2) is 59.3 Å². The van der Waals surface area contributed by atoms with Crippen molar-refractivity contribution >= 4 is 26.7 Å². The maximum atomic E-state index is 9.57. The van der Waals surface area contributed by atoms with Gasteiger partial charge in [-0.1, -0.05) is 34.1 Å². The van der Waals surface area contributed by atoms with Crippen LogP contribution in [0.3, 0.4) is 0 Å². The van der Waals surface area contributed by atoms with E-state index >= 15 is 0 Å². The topological polar surface area (TPSA) is 33.1 Å². The summed E-state index contributed by atoms with van der Waals surface area (Å²) in [7, 11) is 0. The van der Waals surface area contributed by atoms with Gasteiger partial charge < -0.3 is 5.11 Å². The van der Waals surface area contributed by atoms with E-state index in [1.54, 1.807) is 12.1 Å². The van der Waals surface area contributed by atoms with E-state index in [2.05, 4.69) is 27.0 Å². The molecule has 1 N–H and O–H groups in total. The fourth-order valence-corrected chi connectivity index (χ4v) is 2.40. The average Bonchev–Trinajstić information content (AvgIpc) is 2.38. The molecule has 0 aliphatic heterocycles. The molecule has 0 spiro atoms. The number of phenolic OH excluding ortho intramolecular Hbond substituents is 1. The summed E-state index contributed by atoms with van der Waals surface area (Å²) in [5.41, 5.74) is 1.98. The molecule has 0 bridgehead atoms. The molecule has 0 unspecified atom stereocenters. The summed E-state index contributed by atoms with van der Waals surface area (Å²) in [6.45, 7) is 0. The summed E-state index contributed by atoms with van der Waals surface area (Å²) >= 11 is 3.48. The van der Waals surface area contributed by atoms with Gasteiger partial charge in [-0.15, -0.1) is 0 Å². The lowest BCUT2D eigenvalue weighted by Gasteiger charge is -2.07. The zero-order chi connectivity index (χ0) is 12.5. The van der Waals surface area contributed by atoms with Crippen molar-refractivity contribution < 1.29 is 5.11 Å². The number of aromatic hydroxyl groups is 1. The van der Waals surface area contributed by atoms with Crippen LogP contribution in [0, 0.1) is 0 Å². The molecule has 3 rings (SSSR count). The van der Waals surface area contributed by atoms with Crippen molar-refractivity contribution in [3.05, 3.63) is 59.3 Å². The highest BCUT2D eigenvalue weighted by Crippen LogP contribution is 2.31. The van der Waals surface area contributed by atoms with Gasteiger partial charge in [0.25, 0.3) is 0 Å². The minimum absolute atomic E-state index is 0.263. The van der Waals surface area contributed by atoms with Gasteiger partial charge in [0.2, 0.25) is 0 Å². The molecule has 2 aromatic carbocycles. The number of pyridine rings is 1. The van der Waals surface area contributed by atoms with Gasteiger partial charge >= 0.3 is 0 Å². The first-order chi connectivity index (χ1) is 8.74. The number of nitrogens with zero attached hydrogens (tertiary/aromatic N) is 1. The molecule has 0 atom stereocenters. The normalized spacial score (nSPS) is 10.7. The Morgan fingerprint density at radius 1 is 1.00 bits per heavy atom. The lowest BCUT2D eigenvalue weighted by Crippen LogP contribution is -1.84. The van der Waals surface area contributed by atoms with Crippen LogP contribution in [0.5, 0.6) is 5.75 Å². The van der Waals surface area contributed by atoms with Crippen LogP contribution in [0.1, 0.15) is 0 Å². The fourth-order valence-electron chi connectivity index (χ4n) is 2.04. The van der Waals surface area contributed by atoms with Gasteiger partial charge in [-0.25, -0.2) is 0 Å². The van der Waals surface area contributed by atoms with Gasteiger partial charge in [0, 0.05) is 27.8 Å². The maximum absolute atomic E-state index is 9.57. The average molecular weight is 300 g/mol. The number of halogens is 1. The van der Waals surface area contributed by atoms with Crippen LogP contribution in [0.2, 0.25) is 0 Å². The van der Waals surface area contributed by atoms with Gasteiger partial charge in [0.1, 0.15) is 5.75 Å². The van der Waals surface area contributed by atoms with E-state index in [9.17, 15) is 5.11 Å². The van der Waals surface area contributed by atoms with Gasteiger partial charge in [0.05, 0.1) is 0 Å². The minimum atomic E-state index is 0.263. The number of rotatable bonds is 1. The molecule has 0 fully saturated rings. The molecule has 0 amide bonds. The van der Waals surface area contributed by atoms with Crippen molar-refractivity contribution in [3.8, 4) is 16.9 Å². The van der Waals surface area contributed by atoms with E-state index in [0.29, 0.717) is 0 Å². The Bertz CT molecular complexity index is 725. The molecule has 3 heteroatoms. The molecule has 0 saturated carbocycles. The molecule has 1 heterocycles. The second-order valence-electron chi connectivity index (χ2n) is 4.10. The lowest BCUT2D eigenvalue weighted by molar-refractivity contribution is 0.475. The number of hydrogen-bond donors (Lipinski definition) is 1. The minimum Gasteiger partial charge on any atom is -0.508 e. The number of aromatic nitrogens is 1. The third kappa shape index (κ3) is 1.97. The van der Waals surface area contributed by atoms with Crippen molar-refractivity contribution in [2.45, 2.75) is 0 Å². The van der Waals surface area contributed by atoms with Crippen molar-refractivity contribution in [2.24, 2.45) is 0 Å². The van der Waals surface area contributed by atoms with E-state index in [4.69, 9.17) is 0 Å². The number of hydrogen-bond acceptors (Lipinski definition) is 2. The van der Waals surface area contributed by atoms with Crippen molar-refractivity contribution in [2.75, 3.05) is 0 Å². The molecule has 0 aliphatic rings. The molecule has 0 saturated heterocycles. The number of fused-ring (bicyclic) bond motifs is 1. The first-order valence-electron chi connectivity index (χ1n) is 5.57. The summed E-state index contributed by atoms with van der Waals surface area (Å²) in [6.07, 6.45) is 3.66. The van der Waals surface area contributed by atoms with Crippen molar-refractivity contribution in [3.63, 3.8) is 0 Å². The predicted octanol–water partition coefficient (Wildman–Crippen LogP) is 4.37. The molecule has 1 aromatic heterocycles. The Balaban J connectivity index is 2.32. The highest BCUT2D eigenvalue weighted by Gasteiger charge is 2.05. The molecule has 0 aliphatic carbocycles. The molecule has 88 valence electrons. The van der Waals surface area contributed by atoms with Crippen LogP contribution in [0.4, 0.5) is 0 Å². The Kier molecular flexibility index (Phi) is 2.76. The second-order valence-corrected chi connectivity index (χ2v) is 5.02. The smallest absolute Gasteiger partial charge is 0.116 e. The van der Waals surface area contributed by atoms with E-state index in [1.807, 2.05) is 36.7 Å². The SMILES string of the molecule is Oc1cccc(-c2cncc3ccc(Br)cc23)c1. The summed E-state index contributed by atoms with van der Waals surface area (Å²) in [5.74, 6) is 0.263. The molecule has 3 aromatic rings. The van der Waals surface area contributed by atoms with E-state index in [1.165, 1.54) is 0 Å². The molecular weight excluding hydrogens is 290 g/mol. The van der Waals surface area contributed by atoms with Gasteiger partial charge in [0.15, 0.2) is 0 Å². The zero-order valence-corrected chi connectivity index (χ0v) is 11.1. The van der Waals surface area contributed by atoms with Gasteiger partial charge in [-0.05, 0) is 35.2 Å². The summed E-state index contributed by atoms with van der Waals surface area (Å²) < 4.78 is 1.03. The Morgan fingerprint density at radius 3 is 2.72 bits per heavy atom. The first-order valence-corrected chi connectivity index (χ1v) is 6.36. The molecule has 18 heavy (non-hydrogen) atoms. The van der Waals surface area contributed by atoms with Crippen LogP contribution < -0.4 is 0 Å². The third-order valence-electron chi connectivity index (χ3n) is 2.88. The quantitative estimate of drug-likeness (QED) is 0.724. The molecule has 0 radical (unpaired) electrons. The Hall–Kier alpha value is -1.87. The Morgan fingerprint density at radius 2 is 1.89 bits per heavy atom. The van der Waals surface area contributed by atoms with Crippen LogP contribution >= 0.6 is 15.9 Å². The van der Waals surface area contributed by atoms with Crippen LogP contribution in [0.25, 0.3) is 21.9 Å². The standard InChI is InChI=1S/C15H10BrNO/c16-12-5-4-11-8-17-9-15(14(11)7-12)10-2-1-3-13(18)6-10/h1-9,18H. The zero-order valence-electron chi connectivity index (χ0n) is 9.47. The van der Waals surface area contributed by atoms with Crippen molar-refractivity contribution in [1.29, 1.82) is 0 Å². The first kappa shape index (κ1) is 11.2. The second kappa shape index (κ2) is 4.42. The number of benzene rings is 2. The molecule has 2 nitrogen and oxygen atoms in total. The van der Waals surface area contributed by atoms with Crippen LogP contribution in [-0.2, 0) is 0 Å². The van der Waals surface area contributed by atoms with Gasteiger partial charge in [-0.3, -0.25) is 4.98 Å². The highest BCUT2D eigenvalue weighted by atomic mass is 79.9. The van der Waals surface area contributed by atoms with E-state index in [-0.39, 0.29) is 5.75 Å². The number of phenols is 1. The monoisotopic (exact) mass is 299 g/mol. The highest BCUT2D eigenvalue weighted by molar-refractivity contribution is 9.10. The predicted molar refractivity (Wildman–Crippen MR) is 76.5 cm³/mol. The van der Waals surface area contributed by atoms with Gasteiger partial charge in [-0.2, -0.15) is 0 Å². The van der Waals surface area contributed by atoms with Crippen LogP contribution in [-0.4, -0.2) is 10.1 Å². The molecular formula is C15H10BrNO. The summed E-state index contributed by atoms with van der Waals surface area (Å²) in [6, 6.07) is 13.3. The Labute approximate surface area is 113 Å². The van der Waals surface area contributed by atoms with Crippen molar-refractivity contribution in [1.82, 2.24) is 4.98 Å². The van der Waals surface area contributed by atoms with E-state index < -0.39 is 0 Å².